The third-order valence-corrected chi connectivity index (χ3v) is 5.53. The molecule has 1 aliphatic rings. The molecule has 156 valence electrons. The smallest absolute Gasteiger partial charge is 0.300 e. The molecular formula is C21H15ClN4O4S. The monoisotopic (exact) mass is 454 g/mol. The second kappa shape index (κ2) is 8.75. The summed E-state index contributed by atoms with van der Waals surface area (Å²) >= 11 is 7.09. The van der Waals surface area contributed by atoms with Crippen LogP contribution in [0.15, 0.2) is 69.8 Å². The van der Waals surface area contributed by atoms with Gasteiger partial charge in [0.25, 0.3) is 11.6 Å². The average Bonchev–Trinajstić information content (AvgIpc) is 3.25. The van der Waals surface area contributed by atoms with E-state index in [0.717, 1.165) is 22.0 Å². The molecule has 31 heavy (non-hydrogen) atoms. The van der Waals surface area contributed by atoms with Crippen LogP contribution in [0.25, 0.3) is 6.08 Å². The summed E-state index contributed by atoms with van der Waals surface area (Å²) in [5.41, 5.74) is 1.38. The fourth-order valence-corrected chi connectivity index (χ4v) is 4.04. The maximum absolute atomic E-state index is 13.1. The second-order valence-electron chi connectivity index (χ2n) is 6.50. The van der Waals surface area contributed by atoms with Crippen molar-refractivity contribution in [1.29, 1.82) is 0 Å². The molecule has 0 atom stereocenters. The molecule has 2 heterocycles. The number of carbonyl (C=O) groups is 2. The zero-order chi connectivity index (χ0) is 22.0. The lowest BCUT2D eigenvalue weighted by molar-refractivity contribution is -0.741. The Morgan fingerprint density at radius 2 is 2.03 bits per heavy atom. The summed E-state index contributed by atoms with van der Waals surface area (Å²) in [5.74, 6) is -1.74. The number of para-hydroxylation sites is 1. The number of aromatic nitrogens is 2. The average molecular weight is 455 g/mol. The molecule has 8 nitrogen and oxygen atoms in total. The van der Waals surface area contributed by atoms with E-state index in [2.05, 4.69) is 14.8 Å². The maximum Gasteiger partial charge on any atom is 0.300 e. The highest BCUT2D eigenvalue weighted by Gasteiger charge is 2.33. The van der Waals surface area contributed by atoms with Crippen LogP contribution in [0.4, 0.5) is 5.69 Å². The van der Waals surface area contributed by atoms with Crippen molar-refractivity contribution < 1.29 is 23.9 Å². The van der Waals surface area contributed by atoms with Crippen molar-refractivity contribution in [1.82, 2.24) is 5.27 Å². The van der Waals surface area contributed by atoms with Crippen LogP contribution in [0.3, 0.4) is 0 Å². The Labute approximate surface area is 186 Å². The van der Waals surface area contributed by atoms with Crippen molar-refractivity contribution in [2.75, 3.05) is 10.7 Å². The third-order valence-electron chi connectivity index (χ3n) is 4.36. The zero-order valence-electron chi connectivity index (χ0n) is 16.2. The number of nitrogens with zero attached hydrogens (tertiary/aromatic N) is 4. The van der Waals surface area contributed by atoms with E-state index in [4.69, 9.17) is 11.6 Å². The van der Waals surface area contributed by atoms with Crippen molar-refractivity contribution >= 4 is 52.0 Å². The number of rotatable bonds is 5. The Bertz CT molecular complexity index is 1200. The molecule has 0 N–H and O–H groups in total. The zero-order valence-corrected chi connectivity index (χ0v) is 17.8. The molecule has 1 aromatic heterocycles. The second-order valence-corrected chi connectivity index (χ2v) is 7.88. The van der Waals surface area contributed by atoms with Gasteiger partial charge in [0.15, 0.2) is 18.2 Å². The van der Waals surface area contributed by atoms with Gasteiger partial charge in [0.2, 0.25) is 5.78 Å². The van der Waals surface area contributed by atoms with Crippen LogP contribution in [-0.4, -0.2) is 27.9 Å². The number of amidine groups is 1. The van der Waals surface area contributed by atoms with Crippen molar-refractivity contribution in [3.8, 4) is 5.95 Å². The van der Waals surface area contributed by atoms with Gasteiger partial charge in [0.1, 0.15) is 5.70 Å². The lowest BCUT2D eigenvalue weighted by Crippen LogP contribution is -2.38. The summed E-state index contributed by atoms with van der Waals surface area (Å²) in [6.07, 6.45) is 1.63. The summed E-state index contributed by atoms with van der Waals surface area (Å²) in [6.45, 7) is 0. The Balaban J connectivity index is 1.64. The van der Waals surface area contributed by atoms with E-state index in [1.807, 2.05) is 12.1 Å². The molecule has 0 saturated heterocycles. The molecule has 3 aromatic rings. The number of Topliss-reactive ketones (excluding diaryl/α,β-unsaturated/α-hetero) is 1. The number of hydrogen-bond acceptors (Lipinski definition) is 7. The highest BCUT2D eigenvalue weighted by molar-refractivity contribution is 8.14. The summed E-state index contributed by atoms with van der Waals surface area (Å²) in [5, 5.41) is 16.0. The molecule has 0 bridgehead atoms. The van der Waals surface area contributed by atoms with Gasteiger partial charge >= 0.3 is 0 Å². The van der Waals surface area contributed by atoms with Gasteiger partial charge in [-0.2, -0.15) is 0 Å². The number of halogens is 1. The number of amides is 1. The molecule has 10 heteroatoms. The van der Waals surface area contributed by atoms with Gasteiger partial charge < -0.3 is 9.63 Å². The molecule has 0 saturated carbocycles. The van der Waals surface area contributed by atoms with E-state index >= 15 is 0 Å². The van der Waals surface area contributed by atoms with Gasteiger partial charge in [-0.3, -0.25) is 14.5 Å². The molecule has 0 spiro atoms. The number of hydrogen-bond donors (Lipinski definition) is 0. The van der Waals surface area contributed by atoms with Crippen molar-refractivity contribution in [3.05, 3.63) is 76.6 Å². The maximum atomic E-state index is 13.1. The summed E-state index contributed by atoms with van der Waals surface area (Å²) in [6, 6.07) is 16.0. The highest BCUT2D eigenvalue weighted by Crippen LogP contribution is 2.30. The molecule has 1 amide bonds. The van der Waals surface area contributed by atoms with Gasteiger partial charge in [-0.1, -0.05) is 58.4 Å². The van der Waals surface area contributed by atoms with Gasteiger partial charge in [-0.15, -0.1) is 0 Å². The molecule has 4 rings (SSSR count). The lowest BCUT2D eigenvalue weighted by Gasteiger charge is -2.17. The number of ketones is 1. The quantitative estimate of drug-likeness (QED) is 0.333. The van der Waals surface area contributed by atoms with E-state index in [9.17, 15) is 14.7 Å². The van der Waals surface area contributed by atoms with Crippen LogP contribution in [0.2, 0.25) is 5.02 Å². The first-order valence-corrected chi connectivity index (χ1v) is 10.4. The molecular weight excluding hydrogens is 440 g/mol. The van der Waals surface area contributed by atoms with Crippen molar-refractivity contribution in [2.24, 2.45) is 12.0 Å². The number of carbonyl (C=O) groups excluding carboxylic acids is 2. The van der Waals surface area contributed by atoms with E-state index in [1.165, 1.54) is 11.9 Å². The molecule has 1 aliphatic heterocycles. The Hall–Kier alpha value is -3.43. The first-order valence-electron chi connectivity index (χ1n) is 9.08. The first-order chi connectivity index (χ1) is 14.9. The molecule has 2 aromatic carbocycles. The normalized spacial score (nSPS) is 14.9. The van der Waals surface area contributed by atoms with Gasteiger partial charge in [-0.25, -0.2) is 4.99 Å². The Morgan fingerprint density at radius 1 is 1.26 bits per heavy atom. The minimum Gasteiger partial charge on any atom is -0.539 e. The molecule has 0 aliphatic carbocycles. The SMILES string of the molecule is C[n+]1noc([O-])c1C(=O)CSC1=N/C(=C/c2cccc(Cl)c2)C(=O)N1c1ccccc1. The summed E-state index contributed by atoms with van der Waals surface area (Å²) in [4.78, 5) is 31.5. The minimum absolute atomic E-state index is 0.121. The van der Waals surface area contributed by atoms with Crippen LogP contribution in [-0.2, 0) is 11.8 Å². The van der Waals surface area contributed by atoms with E-state index in [1.54, 1.807) is 48.5 Å². The third kappa shape index (κ3) is 4.37. The predicted octanol–water partition coefficient (Wildman–Crippen LogP) is 2.59. The Morgan fingerprint density at radius 3 is 2.71 bits per heavy atom. The fourth-order valence-electron chi connectivity index (χ4n) is 2.96. The highest BCUT2D eigenvalue weighted by atomic mass is 35.5. The number of thioether (sulfide) groups is 1. The number of aliphatic imine (C=N–C) groups is 1. The van der Waals surface area contributed by atoms with Crippen LogP contribution in [0, 0.1) is 0 Å². The van der Waals surface area contributed by atoms with Crippen molar-refractivity contribution in [2.45, 2.75) is 0 Å². The largest absolute Gasteiger partial charge is 0.539 e. The van der Waals surface area contributed by atoms with Crippen LogP contribution in [0.1, 0.15) is 16.1 Å². The fraction of sp³-hybridized carbons (Fsp3) is 0.0952. The van der Waals surface area contributed by atoms with Gasteiger partial charge in [0.05, 0.1) is 16.7 Å². The standard InChI is InChI=1S/C21H15ClN4O4S/c1-25-18(20(29)30-24-25)17(27)12-31-21-23-16(11-13-6-5-7-14(22)10-13)19(28)26(21)15-8-3-2-4-9-15/h2-11H,12H2,1H3/b16-11+. The molecule has 0 fully saturated rings. The first kappa shape index (κ1) is 20.8. The van der Waals surface area contributed by atoms with E-state index in [0.29, 0.717) is 15.9 Å². The number of benzene rings is 2. The van der Waals surface area contributed by atoms with Crippen LogP contribution in [0.5, 0.6) is 5.95 Å². The van der Waals surface area contributed by atoms with Crippen molar-refractivity contribution in [3.63, 3.8) is 0 Å². The number of aryl methyl sites for hydroxylation is 1. The van der Waals surface area contributed by atoms with E-state index in [-0.39, 0.29) is 23.1 Å². The topological polar surface area (TPSA) is 103 Å². The van der Waals surface area contributed by atoms with Crippen LogP contribution < -0.4 is 14.7 Å². The Kier molecular flexibility index (Phi) is 5.88. The van der Waals surface area contributed by atoms with E-state index < -0.39 is 11.7 Å². The van der Waals surface area contributed by atoms with Crippen LogP contribution >= 0.6 is 23.4 Å². The molecule has 0 unspecified atom stereocenters. The number of anilines is 1. The van der Waals surface area contributed by atoms with Gasteiger partial charge in [-0.05, 0) is 35.9 Å². The lowest BCUT2D eigenvalue weighted by atomic mass is 10.2. The summed E-state index contributed by atoms with van der Waals surface area (Å²) < 4.78 is 5.59. The molecule has 0 radical (unpaired) electrons. The van der Waals surface area contributed by atoms with Gasteiger partial charge in [0, 0.05) is 5.02 Å². The predicted molar refractivity (Wildman–Crippen MR) is 115 cm³/mol. The minimum atomic E-state index is -0.806. The summed E-state index contributed by atoms with van der Waals surface area (Å²) in [7, 11) is 1.45.